The maximum absolute atomic E-state index is 11.5. The van der Waals surface area contributed by atoms with Gasteiger partial charge in [0.2, 0.25) is 5.91 Å². The minimum Gasteiger partial charge on any atom is -0.351 e. The number of nitrogens with one attached hydrogen (secondary N) is 1. The molecule has 1 aliphatic heterocycles. The number of nitrogens with two attached hydrogens (primary N) is 1. The second-order valence-corrected chi connectivity index (χ2v) is 6.23. The first-order chi connectivity index (χ1) is 12.0. The van der Waals surface area contributed by atoms with Gasteiger partial charge in [0.1, 0.15) is 5.82 Å². The molecule has 3 N–H and O–H groups in total. The monoisotopic (exact) mass is 339 g/mol. The molecule has 0 saturated carbocycles. The molecule has 1 aliphatic rings. The summed E-state index contributed by atoms with van der Waals surface area (Å²) in [5.74, 6) is 0.554. The summed E-state index contributed by atoms with van der Waals surface area (Å²) in [6.07, 6.45) is 6.95. The fraction of sp³-hybridized carbons (Fsp3) is 0.333. The smallest absolute Gasteiger partial charge is 0.320 e. The third-order valence-corrected chi connectivity index (χ3v) is 4.30. The highest BCUT2D eigenvalue weighted by atomic mass is 16.2. The van der Waals surface area contributed by atoms with Gasteiger partial charge >= 0.3 is 6.03 Å². The molecule has 0 unspecified atom stereocenters. The summed E-state index contributed by atoms with van der Waals surface area (Å²) in [7, 11) is 0. The number of hydrogen-bond donors (Lipinski definition) is 2. The van der Waals surface area contributed by atoms with Crippen molar-refractivity contribution in [2.24, 2.45) is 5.73 Å². The second kappa shape index (κ2) is 6.88. The van der Waals surface area contributed by atoms with E-state index >= 15 is 0 Å². The topological polar surface area (TPSA) is 101 Å². The van der Waals surface area contributed by atoms with Crippen LogP contribution >= 0.6 is 0 Å². The lowest BCUT2D eigenvalue weighted by Gasteiger charge is -2.27. The Morgan fingerprint density at radius 2 is 2.00 bits per heavy atom. The number of hydrogen-bond acceptors (Lipinski definition) is 4. The molecule has 0 aromatic carbocycles. The zero-order valence-electron chi connectivity index (χ0n) is 14.3. The summed E-state index contributed by atoms with van der Waals surface area (Å²) in [6.45, 7) is 4.00. The van der Waals surface area contributed by atoms with Crippen molar-refractivity contribution in [2.45, 2.75) is 32.7 Å². The van der Waals surface area contributed by atoms with Crippen LogP contribution in [-0.2, 0) is 11.2 Å². The maximum Gasteiger partial charge on any atom is 0.320 e. The molecule has 2 aromatic rings. The van der Waals surface area contributed by atoms with Gasteiger partial charge in [-0.15, -0.1) is 0 Å². The van der Waals surface area contributed by atoms with Crippen molar-refractivity contribution in [3.8, 4) is 11.1 Å². The third-order valence-electron chi connectivity index (χ3n) is 4.30. The Labute approximate surface area is 146 Å². The molecule has 7 nitrogen and oxygen atoms in total. The van der Waals surface area contributed by atoms with E-state index in [1.807, 2.05) is 19.1 Å². The van der Waals surface area contributed by atoms with E-state index in [1.165, 1.54) is 11.8 Å². The van der Waals surface area contributed by atoms with Crippen molar-refractivity contribution >= 4 is 17.8 Å². The summed E-state index contributed by atoms with van der Waals surface area (Å²) >= 11 is 0. The lowest BCUT2D eigenvalue weighted by molar-refractivity contribution is -0.119. The molecule has 0 bridgehead atoms. The van der Waals surface area contributed by atoms with Gasteiger partial charge in [0.05, 0.1) is 6.04 Å². The highest BCUT2D eigenvalue weighted by Crippen LogP contribution is 2.29. The maximum atomic E-state index is 11.5. The molecule has 130 valence electrons. The van der Waals surface area contributed by atoms with Gasteiger partial charge in [0, 0.05) is 43.2 Å². The first-order valence-electron chi connectivity index (χ1n) is 8.24. The van der Waals surface area contributed by atoms with E-state index in [1.54, 1.807) is 18.6 Å². The molecule has 0 saturated heterocycles. The second-order valence-electron chi connectivity index (χ2n) is 6.23. The molecule has 3 amide bonds. The molecule has 0 aliphatic carbocycles. The van der Waals surface area contributed by atoms with E-state index in [0.29, 0.717) is 12.4 Å². The molecule has 1 atom stereocenters. The Hall–Kier alpha value is -2.96. The summed E-state index contributed by atoms with van der Waals surface area (Å²) in [4.78, 5) is 33.0. The summed E-state index contributed by atoms with van der Waals surface area (Å²) in [5.41, 5.74) is 9.19. The van der Waals surface area contributed by atoms with E-state index in [0.717, 1.165) is 35.1 Å². The van der Waals surface area contributed by atoms with E-state index < -0.39 is 6.03 Å². The Balaban J connectivity index is 1.93. The average molecular weight is 339 g/mol. The number of nitrogens with zero attached hydrogens (tertiary/aromatic N) is 3. The van der Waals surface area contributed by atoms with Crippen LogP contribution in [0.3, 0.4) is 0 Å². The molecule has 3 heterocycles. The van der Waals surface area contributed by atoms with Crippen molar-refractivity contribution in [1.29, 1.82) is 0 Å². The van der Waals surface area contributed by atoms with Crippen LogP contribution < -0.4 is 16.0 Å². The van der Waals surface area contributed by atoms with E-state index in [2.05, 4.69) is 15.3 Å². The van der Waals surface area contributed by atoms with Gasteiger partial charge in [0.25, 0.3) is 0 Å². The van der Waals surface area contributed by atoms with Crippen molar-refractivity contribution in [3.63, 3.8) is 0 Å². The molecule has 0 radical (unpaired) electrons. The largest absolute Gasteiger partial charge is 0.351 e. The van der Waals surface area contributed by atoms with Crippen molar-refractivity contribution < 1.29 is 9.59 Å². The lowest BCUT2D eigenvalue weighted by Crippen LogP contribution is -2.40. The molecule has 3 rings (SSSR count). The zero-order chi connectivity index (χ0) is 18.0. The summed E-state index contributed by atoms with van der Waals surface area (Å²) in [6, 6.07) is 3.42. The number of urea groups is 1. The first-order valence-corrected chi connectivity index (χ1v) is 8.24. The normalized spacial score (nSPS) is 14.6. The number of carbonyl (C=O) groups is 2. The number of pyridine rings is 2. The highest BCUT2D eigenvalue weighted by Gasteiger charge is 2.22. The molecule has 25 heavy (non-hydrogen) atoms. The summed E-state index contributed by atoms with van der Waals surface area (Å²) in [5, 5.41) is 2.85. The van der Waals surface area contributed by atoms with E-state index in [4.69, 9.17) is 5.73 Å². The van der Waals surface area contributed by atoms with Crippen LogP contribution in [0.15, 0.2) is 30.7 Å². The third kappa shape index (κ3) is 3.60. The van der Waals surface area contributed by atoms with Gasteiger partial charge in [-0.1, -0.05) is 0 Å². The first kappa shape index (κ1) is 16.9. The fourth-order valence-electron chi connectivity index (χ4n) is 3.08. The van der Waals surface area contributed by atoms with E-state index in [9.17, 15) is 9.59 Å². The van der Waals surface area contributed by atoms with Crippen LogP contribution in [0.1, 0.15) is 37.4 Å². The molecular formula is C18H21N5O2. The lowest BCUT2D eigenvalue weighted by atomic mass is 10.00. The predicted octanol–water partition coefficient (Wildman–Crippen LogP) is 2.17. The van der Waals surface area contributed by atoms with Gasteiger partial charge in [-0.2, -0.15) is 0 Å². The average Bonchev–Trinajstić information content (AvgIpc) is 2.60. The van der Waals surface area contributed by atoms with Crippen molar-refractivity contribution in [3.05, 3.63) is 41.9 Å². The van der Waals surface area contributed by atoms with Crippen molar-refractivity contribution in [1.82, 2.24) is 15.3 Å². The highest BCUT2D eigenvalue weighted by molar-refractivity contribution is 5.91. The Bertz CT molecular complexity index is 821. The molecule has 0 spiro atoms. The van der Waals surface area contributed by atoms with Gasteiger partial charge in [-0.3, -0.25) is 14.7 Å². The number of aryl methyl sites for hydroxylation is 1. The van der Waals surface area contributed by atoms with Crippen LogP contribution in [0.5, 0.6) is 0 Å². The van der Waals surface area contributed by atoms with Gasteiger partial charge < -0.3 is 11.1 Å². The summed E-state index contributed by atoms with van der Waals surface area (Å²) < 4.78 is 0. The number of carbonyl (C=O) groups excluding carboxylic acids is 2. The van der Waals surface area contributed by atoms with Crippen LogP contribution in [0.25, 0.3) is 11.1 Å². The predicted molar refractivity (Wildman–Crippen MR) is 95.0 cm³/mol. The van der Waals surface area contributed by atoms with Crippen LogP contribution in [0.4, 0.5) is 10.6 Å². The van der Waals surface area contributed by atoms with Gasteiger partial charge in [0.15, 0.2) is 0 Å². The van der Waals surface area contributed by atoms with Crippen molar-refractivity contribution in [2.75, 3.05) is 11.4 Å². The number of anilines is 1. The zero-order valence-corrected chi connectivity index (χ0v) is 14.3. The molecule has 2 aromatic heterocycles. The van der Waals surface area contributed by atoms with Crippen LogP contribution in [0.2, 0.25) is 0 Å². The molecule has 0 fully saturated rings. The quantitative estimate of drug-likeness (QED) is 0.895. The fourth-order valence-corrected chi connectivity index (χ4v) is 3.08. The van der Waals surface area contributed by atoms with Crippen LogP contribution in [-0.4, -0.2) is 28.5 Å². The number of amides is 3. The minimum absolute atomic E-state index is 0.0834. The minimum atomic E-state index is -0.478. The Morgan fingerprint density at radius 1 is 1.24 bits per heavy atom. The van der Waals surface area contributed by atoms with E-state index in [-0.39, 0.29) is 11.9 Å². The molecular weight excluding hydrogens is 318 g/mol. The standard InChI is InChI=1S/C18H21N5O2/c1-11(22-12(2)24)14-7-15(9-20-8-14)16-6-13-4-3-5-23(18(19)25)17(13)21-10-16/h6-11H,3-5H2,1-2H3,(H2,19,25)(H,22,24)/t11-/m0/s1. The molecule has 7 heteroatoms. The number of aromatic nitrogens is 2. The van der Waals surface area contributed by atoms with Gasteiger partial charge in [-0.25, -0.2) is 9.78 Å². The Morgan fingerprint density at radius 3 is 2.72 bits per heavy atom. The SMILES string of the molecule is CC(=O)N[C@@H](C)c1cncc(-c2cnc3c(c2)CCCN3C(N)=O)c1. The number of fused-ring (bicyclic) bond motifs is 1. The van der Waals surface area contributed by atoms with Crippen LogP contribution in [0, 0.1) is 0 Å². The van der Waals surface area contributed by atoms with Gasteiger partial charge in [-0.05, 0) is 43.0 Å². The number of primary amides is 1. The number of rotatable bonds is 3. The Kier molecular flexibility index (Phi) is 4.65.